The van der Waals surface area contributed by atoms with Crippen LogP contribution in [0.4, 0.5) is 5.13 Å². The lowest BCUT2D eigenvalue weighted by molar-refractivity contribution is -0.150. The number of carboxylic acids is 1. The summed E-state index contributed by atoms with van der Waals surface area (Å²) in [6, 6.07) is -0.856. The number of thiazole rings is 1. The van der Waals surface area contributed by atoms with E-state index in [0.717, 1.165) is 11.3 Å². The average molecular weight is 523 g/mol. The Balaban J connectivity index is 1.79. The fourth-order valence-corrected chi connectivity index (χ4v) is 5.58. The molecular formula is C14H14IN5O5S2. The highest BCUT2D eigenvalue weighted by Gasteiger charge is 2.54. The smallest absolute Gasteiger partial charge is 0.352 e. The zero-order valence-electron chi connectivity index (χ0n) is 13.8. The van der Waals surface area contributed by atoms with Crippen molar-refractivity contribution in [1.82, 2.24) is 15.2 Å². The van der Waals surface area contributed by atoms with E-state index in [1.54, 1.807) is 5.38 Å². The van der Waals surface area contributed by atoms with E-state index in [4.69, 9.17) is 10.6 Å². The molecule has 1 aromatic rings. The first-order chi connectivity index (χ1) is 12.9. The van der Waals surface area contributed by atoms with Gasteiger partial charge in [0, 0.05) is 15.6 Å². The minimum Gasteiger partial charge on any atom is -0.477 e. The van der Waals surface area contributed by atoms with E-state index in [1.807, 2.05) is 0 Å². The summed E-state index contributed by atoms with van der Waals surface area (Å²) < 4.78 is 0.510. The molecule has 0 radical (unpaired) electrons. The summed E-state index contributed by atoms with van der Waals surface area (Å²) in [5.41, 5.74) is 6.39. The molecule has 3 rings (SSSR count). The van der Waals surface area contributed by atoms with Gasteiger partial charge in [-0.1, -0.05) is 27.7 Å². The van der Waals surface area contributed by atoms with Gasteiger partial charge >= 0.3 is 5.97 Å². The van der Waals surface area contributed by atoms with Crippen LogP contribution < -0.4 is 11.1 Å². The van der Waals surface area contributed by atoms with Crippen LogP contribution in [0.1, 0.15) is 5.69 Å². The Morgan fingerprint density at radius 2 is 2.33 bits per heavy atom. The number of amides is 2. The van der Waals surface area contributed by atoms with Crippen molar-refractivity contribution in [3.63, 3.8) is 0 Å². The van der Waals surface area contributed by atoms with Crippen molar-refractivity contribution in [2.45, 2.75) is 11.4 Å². The Morgan fingerprint density at radius 3 is 2.89 bits per heavy atom. The minimum atomic E-state index is -1.15. The molecule has 0 aromatic carbocycles. The predicted molar refractivity (Wildman–Crippen MR) is 109 cm³/mol. The number of carbonyl (C=O) groups excluding carboxylic acids is 2. The van der Waals surface area contributed by atoms with Crippen LogP contribution in [0.5, 0.6) is 0 Å². The summed E-state index contributed by atoms with van der Waals surface area (Å²) in [6.45, 7) is 0. The third kappa shape index (κ3) is 3.62. The molecule has 27 heavy (non-hydrogen) atoms. The van der Waals surface area contributed by atoms with Crippen molar-refractivity contribution in [2.75, 3.05) is 23.0 Å². The topological polar surface area (TPSA) is 147 Å². The van der Waals surface area contributed by atoms with E-state index in [9.17, 15) is 19.5 Å². The standard InChI is InChI=1S/C14H14IN5O5S2/c1-25-19-7(6-4-27-14(16)17-6)10(21)18-8-11(22)20-9(13(23)24)5(2-15)3-26-12(8)20/h4,8,12H,2-3H2,1H3,(H2,16,17)(H,18,21)(H,23,24)/t8?,12-/m0/s1. The van der Waals surface area contributed by atoms with Crippen LogP contribution in [0.25, 0.3) is 0 Å². The third-order valence-electron chi connectivity index (χ3n) is 3.86. The Bertz CT molecular complexity index is 870. The Hall–Kier alpha value is -1.87. The number of aromatic nitrogens is 1. The van der Waals surface area contributed by atoms with Crippen LogP contribution in [0, 0.1) is 0 Å². The number of nitrogens with one attached hydrogen (secondary N) is 1. The zero-order chi connectivity index (χ0) is 19.7. The summed E-state index contributed by atoms with van der Waals surface area (Å²) in [7, 11) is 1.28. The maximum absolute atomic E-state index is 12.6. The molecule has 0 aliphatic carbocycles. The van der Waals surface area contributed by atoms with Gasteiger partial charge in [0.25, 0.3) is 11.8 Å². The lowest BCUT2D eigenvalue weighted by Gasteiger charge is -2.49. The first-order valence-electron chi connectivity index (χ1n) is 7.48. The number of β-lactam (4-membered cyclic amide) rings is 1. The van der Waals surface area contributed by atoms with Gasteiger partial charge in [0.1, 0.15) is 29.9 Å². The van der Waals surface area contributed by atoms with Gasteiger partial charge in [-0.3, -0.25) is 14.5 Å². The van der Waals surface area contributed by atoms with Gasteiger partial charge in [-0.05, 0) is 5.57 Å². The first-order valence-corrected chi connectivity index (χ1v) is 10.9. The number of oxime groups is 1. The summed E-state index contributed by atoms with van der Waals surface area (Å²) in [4.78, 5) is 46.6. The molecule has 1 unspecified atom stereocenters. The third-order valence-corrected chi connectivity index (χ3v) is 6.79. The van der Waals surface area contributed by atoms with Crippen molar-refractivity contribution in [1.29, 1.82) is 0 Å². The maximum atomic E-state index is 12.6. The molecule has 1 fully saturated rings. The monoisotopic (exact) mass is 523 g/mol. The minimum absolute atomic E-state index is 0.00158. The van der Waals surface area contributed by atoms with Crippen LogP contribution in [0.3, 0.4) is 0 Å². The molecule has 13 heteroatoms. The fraction of sp³-hybridized carbons (Fsp3) is 0.357. The molecule has 1 saturated heterocycles. The molecule has 4 N–H and O–H groups in total. The molecule has 10 nitrogen and oxygen atoms in total. The molecule has 2 aliphatic rings. The van der Waals surface area contributed by atoms with Gasteiger partial charge < -0.3 is 21.0 Å². The second-order valence-electron chi connectivity index (χ2n) is 5.45. The summed E-state index contributed by atoms with van der Waals surface area (Å²) >= 11 is 4.61. The number of hydrogen-bond acceptors (Lipinski definition) is 9. The number of thioether (sulfide) groups is 1. The molecular weight excluding hydrogens is 509 g/mol. The van der Waals surface area contributed by atoms with Crippen molar-refractivity contribution in [3.8, 4) is 0 Å². The van der Waals surface area contributed by atoms with Gasteiger partial charge in [0.15, 0.2) is 10.8 Å². The molecule has 144 valence electrons. The molecule has 3 heterocycles. The van der Waals surface area contributed by atoms with Crippen LogP contribution in [0.15, 0.2) is 21.8 Å². The van der Waals surface area contributed by atoms with Crippen molar-refractivity contribution in [3.05, 3.63) is 22.3 Å². The predicted octanol–water partition coefficient (Wildman–Crippen LogP) is 0.249. The van der Waals surface area contributed by atoms with E-state index >= 15 is 0 Å². The highest BCUT2D eigenvalue weighted by atomic mass is 127. The number of carboxylic acid groups (broad SMARTS) is 1. The van der Waals surface area contributed by atoms with Crippen molar-refractivity contribution in [2.24, 2.45) is 5.16 Å². The average Bonchev–Trinajstić information content (AvgIpc) is 3.08. The van der Waals surface area contributed by atoms with Gasteiger partial charge in [0.2, 0.25) is 0 Å². The SMILES string of the molecule is CON=C(C(=O)NC1C(=O)N2C(C(=O)O)=C(CI)CS[C@@H]12)c1csc(N)n1. The van der Waals surface area contributed by atoms with Crippen LogP contribution in [0.2, 0.25) is 0 Å². The van der Waals surface area contributed by atoms with Gasteiger partial charge in [-0.25, -0.2) is 9.78 Å². The van der Waals surface area contributed by atoms with Gasteiger partial charge in [-0.15, -0.1) is 23.1 Å². The number of aliphatic carboxylic acids is 1. The zero-order valence-corrected chi connectivity index (χ0v) is 17.6. The second-order valence-corrected chi connectivity index (χ2v) is 8.20. The second kappa shape index (κ2) is 8.02. The number of alkyl halides is 1. The molecule has 2 atom stereocenters. The van der Waals surface area contributed by atoms with Crippen molar-refractivity contribution < 1.29 is 24.3 Å². The highest BCUT2D eigenvalue weighted by Crippen LogP contribution is 2.40. The number of halogens is 1. The lowest BCUT2D eigenvalue weighted by Crippen LogP contribution is -2.71. The number of nitrogens with two attached hydrogens (primary N) is 1. The van der Waals surface area contributed by atoms with E-state index in [0.29, 0.717) is 15.8 Å². The summed E-state index contributed by atoms with van der Waals surface area (Å²) in [6.07, 6.45) is 0. The molecule has 1 aromatic heterocycles. The summed E-state index contributed by atoms with van der Waals surface area (Å²) in [5.74, 6) is -1.80. The number of fused-ring (bicyclic) bond motifs is 1. The Morgan fingerprint density at radius 1 is 1.59 bits per heavy atom. The van der Waals surface area contributed by atoms with Crippen LogP contribution in [-0.4, -0.2) is 67.2 Å². The Labute approximate surface area is 175 Å². The van der Waals surface area contributed by atoms with Crippen LogP contribution >= 0.6 is 45.7 Å². The molecule has 2 aliphatic heterocycles. The number of hydrogen-bond donors (Lipinski definition) is 3. The maximum Gasteiger partial charge on any atom is 0.352 e. The van der Waals surface area contributed by atoms with Gasteiger partial charge in [0.05, 0.1) is 0 Å². The first kappa shape index (κ1) is 19.9. The number of rotatable bonds is 6. The van der Waals surface area contributed by atoms with Crippen LogP contribution in [-0.2, 0) is 19.2 Å². The highest BCUT2D eigenvalue weighted by molar-refractivity contribution is 14.1. The number of nitrogens with zero attached hydrogens (tertiary/aromatic N) is 3. The number of nitrogen functional groups attached to an aromatic ring is 1. The Kier molecular flexibility index (Phi) is 5.90. The van der Waals surface area contributed by atoms with E-state index in [2.05, 4.69) is 38.0 Å². The van der Waals surface area contributed by atoms with Gasteiger partial charge in [-0.2, -0.15) is 0 Å². The quantitative estimate of drug-likeness (QED) is 0.158. The molecule has 0 saturated carbocycles. The van der Waals surface area contributed by atoms with E-state index in [1.165, 1.54) is 23.8 Å². The van der Waals surface area contributed by atoms with Crippen molar-refractivity contribution >= 4 is 74.3 Å². The summed E-state index contributed by atoms with van der Waals surface area (Å²) in [5, 5.41) is 17.0. The fourth-order valence-electron chi connectivity index (χ4n) is 2.69. The molecule has 2 amide bonds. The molecule has 0 spiro atoms. The largest absolute Gasteiger partial charge is 0.477 e. The molecule has 0 bridgehead atoms. The normalized spacial score (nSPS) is 22.2. The van der Waals surface area contributed by atoms with E-state index in [-0.39, 0.29) is 22.2 Å². The number of anilines is 1. The lowest BCUT2D eigenvalue weighted by atomic mass is 10.0. The van der Waals surface area contributed by atoms with E-state index < -0.39 is 29.2 Å². The number of carbonyl (C=O) groups is 3.